The van der Waals surface area contributed by atoms with E-state index < -0.39 is 0 Å². The molecule has 1 aliphatic rings. The number of carbonyl (C=O) groups excluding carboxylic acids is 2. The molecule has 1 saturated heterocycles. The van der Waals surface area contributed by atoms with Crippen LogP contribution in [0, 0.1) is 11.8 Å². The minimum Gasteiger partial charge on any atom is -0.383 e. The number of anilines is 2. The van der Waals surface area contributed by atoms with Crippen LogP contribution in [0.15, 0.2) is 48.9 Å². The Morgan fingerprint density at radius 2 is 1.92 bits per heavy atom. The fourth-order valence-corrected chi connectivity index (χ4v) is 4.61. The maximum Gasteiger partial charge on any atom is 0.298 e. The number of rotatable bonds is 5. The molecule has 0 bridgehead atoms. The largest absolute Gasteiger partial charge is 0.383 e. The standard InChI is InChI=1S/C28H28N8O2/c1-4-5-23(37)35-13-11-21(15-35)36-27-24(26(29)31-16-32-27)25(34-36)18-6-8-19(9-7-18)28(38)33-22-14-20(17(2)3)10-12-30-22/h6-10,12,14,16-17,21H,11,13,15H2,1-3H3,(H2,29,31,32)(H,30,33,38)/t21-/m1/s1. The first-order valence-corrected chi connectivity index (χ1v) is 12.4. The molecular formula is C28H28N8O2. The molecule has 4 heterocycles. The monoisotopic (exact) mass is 508 g/mol. The number of pyridine rings is 1. The zero-order chi connectivity index (χ0) is 26.8. The van der Waals surface area contributed by atoms with Crippen molar-refractivity contribution in [3.8, 4) is 23.1 Å². The molecule has 3 aromatic heterocycles. The highest BCUT2D eigenvalue weighted by molar-refractivity contribution is 6.04. The van der Waals surface area contributed by atoms with Gasteiger partial charge in [-0.25, -0.2) is 19.6 Å². The van der Waals surface area contributed by atoms with Gasteiger partial charge in [0.05, 0.1) is 11.4 Å². The summed E-state index contributed by atoms with van der Waals surface area (Å²) in [5.74, 6) is 5.97. The minimum atomic E-state index is -0.255. The van der Waals surface area contributed by atoms with Crippen molar-refractivity contribution in [2.24, 2.45) is 0 Å². The summed E-state index contributed by atoms with van der Waals surface area (Å²) >= 11 is 0. The third-order valence-corrected chi connectivity index (χ3v) is 6.66. The summed E-state index contributed by atoms with van der Waals surface area (Å²) < 4.78 is 1.82. The van der Waals surface area contributed by atoms with Crippen LogP contribution in [0.5, 0.6) is 0 Å². The van der Waals surface area contributed by atoms with Gasteiger partial charge in [0, 0.05) is 30.4 Å². The summed E-state index contributed by atoms with van der Waals surface area (Å²) in [5.41, 5.74) is 9.84. The van der Waals surface area contributed by atoms with Crippen molar-refractivity contribution in [1.82, 2.24) is 29.6 Å². The van der Waals surface area contributed by atoms with E-state index in [1.165, 1.54) is 6.33 Å². The van der Waals surface area contributed by atoms with Crippen LogP contribution in [0.25, 0.3) is 22.3 Å². The third-order valence-electron chi connectivity index (χ3n) is 6.66. The fraction of sp³-hybridized carbons (Fsp3) is 0.286. The van der Waals surface area contributed by atoms with Gasteiger partial charge in [0.25, 0.3) is 11.8 Å². The van der Waals surface area contributed by atoms with Gasteiger partial charge in [0.1, 0.15) is 23.7 Å². The first kappa shape index (κ1) is 24.9. The van der Waals surface area contributed by atoms with Gasteiger partial charge in [-0.3, -0.25) is 9.59 Å². The van der Waals surface area contributed by atoms with Crippen molar-refractivity contribution < 1.29 is 9.59 Å². The van der Waals surface area contributed by atoms with E-state index in [-0.39, 0.29) is 17.9 Å². The van der Waals surface area contributed by atoms with Crippen molar-refractivity contribution in [3.63, 3.8) is 0 Å². The molecule has 0 radical (unpaired) electrons. The summed E-state index contributed by atoms with van der Waals surface area (Å²) in [6.45, 7) is 6.90. The van der Waals surface area contributed by atoms with Crippen molar-refractivity contribution in [2.45, 2.75) is 39.2 Å². The molecule has 1 aliphatic heterocycles. The SMILES string of the molecule is CC#CC(=O)N1CC[C@@H](n2nc(-c3ccc(C(=O)Nc4cc(C(C)C)ccn4)cc3)c3c(N)ncnc32)C1. The van der Waals surface area contributed by atoms with Gasteiger partial charge in [0.2, 0.25) is 0 Å². The van der Waals surface area contributed by atoms with E-state index in [0.717, 1.165) is 17.5 Å². The molecule has 0 spiro atoms. The summed E-state index contributed by atoms with van der Waals surface area (Å²) in [6.07, 6.45) is 3.83. The highest BCUT2D eigenvalue weighted by Gasteiger charge is 2.30. The van der Waals surface area contributed by atoms with Gasteiger partial charge in [-0.1, -0.05) is 31.9 Å². The highest BCUT2D eigenvalue weighted by Crippen LogP contribution is 2.34. The van der Waals surface area contributed by atoms with Crippen molar-refractivity contribution in [3.05, 3.63) is 60.0 Å². The number of nitrogens with one attached hydrogen (secondary N) is 1. The molecule has 38 heavy (non-hydrogen) atoms. The lowest BCUT2D eigenvalue weighted by molar-refractivity contribution is -0.124. The van der Waals surface area contributed by atoms with Crippen molar-refractivity contribution in [1.29, 1.82) is 0 Å². The van der Waals surface area contributed by atoms with Gasteiger partial charge in [0.15, 0.2) is 5.65 Å². The number of aromatic nitrogens is 5. The molecule has 10 heteroatoms. The molecule has 10 nitrogen and oxygen atoms in total. The number of carbonyl (C=O) groups is 2. The lowest BCUT2D eigenvalue weighted by Crippen LogP contribution is -2.28. The Kier molecular flexibility index (Phi) is 6.75. The van der Waals surface area contributed by atoms with Crippen molar-refractivity contribution in [2.75, 3.05) is 24.1 Å². The first-order valence-electron chi connectivity index (χ1n) is 12.4. The molecule has 192 valence electrons. The Hall–Kier alpha value is -4.78. The molecule has 0 unspecified atom stereocenters. The average molecular weight is 509 g/mol. The number of likely N-dealkylation sites (tertiary alicyclic amines) is 1. The topological polar surface area (TPSA) is 132 Å². The minimum absolute atomic E-state index is 0.0673. The maximum atomic E-state index is 12.9. The van der Waals surface area contributed by atoms with Crippen LogP contribution in [-0.4, -0.2) is 54.5 Å². The highest BCUT2D eigenvalue weighted by atomic mass is 16.2. The van der Waals surface area contributed by atoms with Gasteiger partial charge in [-0.15, -0.1) is 0 Å². The summed E-state index contributed by atoms with van der Waals surface area (Å²) in [6, 6.07) is 10.9. The Bertz CT molecular complexity index is 1580. The van der Waals surface area contributed by atoms with Crippen LogP contribution in [0.2, 0.25) is 0 Å². The Morgan fingerprint density at radius 3 is 2.66 bits per heavy atom. The molecule has 3 N–H and O–H groups in total. The zero-order valence-electron chi connectivity index (χ0n) is 21.5. The van der Waals surface area contributed by atoms with E-state index in [1.54, 1.807) is 30.2 Å². The predicted octanol–water partition coefficient (Wildman–Crippen LogP) is 3.64. The van der Waals surface area contributed by atoms with E-state index in [9.17, 15) is 9.59 Å². The second kappa shape index (κ2) is 10.3. The quantitative estimate of drug-likeness (QED) is 0.393. The number of nitrogen functional groups attached to an aromatic ring is 1. The average Bonchev–Trinajstić information content (AvgIpc) is 3.55. The van der Waals surface area contributed by atoms with E-state index >= 15 is 0 Å². The number of fused-ring (bicyclic) bond motifs is 1. The number of nitrogens with zero attached hydrogens (tertiary/aromatic N) is 6. The summed E-state index contributed by atoms with van der Waals surface area (Å²) in [4.78, 5) is 39.7. The van der Waals surface area contributed by atoms with Gasteiger partial charge >= 0.3 is 0 Å². The molecule has 5 rings (SSSR count). The molecular weight excluding hydrogens is 480 g/mol. The smallest absolute Gasteiger partial charge is 0.298 e. The van der Waals surface area contributed by atoms with E-state index in [4.69, 9.17) is 10.8 Å². The molecule has 1 atom stereocenters. The van der Waals surface area contributed by atoms with Crippen LogP contribution in [0.3, 0.4) is 0 Å². The van der Waals surface area contributed by atoms with E-state index in [2.05, 4.69) is 46.0 Å². The Labute approximate surface area is 220 Å². The van der Waals surface area contributed by atoms with Crippen LogP contribution in [0.4, 0.5) is 11.6 Å². The van der Waals surface area contributed by atoms with Crippen LogP contribution in [-0.2, 0) is 4.79 Å². The number of nitrogens with two attached hydrogens (primary N) is 1. The molecule has 1 aromatic carbocycles. The lowest BCUT2D eigenvalue weighted by atomic mass is 10.0. The zero-order valence-corrected chi connectivity index (χ0v) is 21.5. The van der Waals surface area contributed by atoms with Crippen molar-refractivity contribution >= 4 is 34.5 Å². The number of hydrogen-bond donors (Lipinski definition) is 2. The molecule has 1 fully saturated rings. The third kappa shape index (κ3) is 4.78. The first-order chi connectivity index (χ1) is 18.4. The van der Waals surface area contributed by atoms with E-state index in [0.29, 0.717) is 52.9 Å². The molecule has 0 aliphatic carbocycles. The molecule has 4 aromatic rings. The predicted molar refractivity (Wildman–Crippen MR) is 145 cm³/mol. The Morgan fingerprint density at radius 1 is 1.13 bits per heavy atom. The number of benzene rings is 1. The number of hydrogen-bond acceptors (Lipinski definition) is 7. The van der Waals surface area contributed by atoms with Gasteiger partial charge < -0.3 is 16.0 Å². The molecule has 2 amide bonds. The second-order valence-corrected chi connectivity index (χ2v) is 9.48. The summed E-state index contributed by atoms with van der Waals surface area (Å²) in [5, 5.41) is 8.36. The Balaban J connectivity index is 1.42. The van der Waals surface area contributed by atoms with Gasteiger partial charge in [-0.2, -0.15) is 5.10 Å². The lowest BCUT2D eigenvalue weighted by Gasteiger charge is -2.14. The number of amides is 2. The fourth-order valence-electron chi connectivity index (χ4n) is 4.61. The second-order valence-electron chi connectivity index (χ2n) is 9.48. The van der Waals surface area contributed by atoms with Crippen LogP contribution < -0.4 is 11.1 Å². The van der Waals surface area contributed by atoms with E-state index in [1.807, 2.05) is 28.9 Å². The normalized spacial score (nSPS) is 14.9. The van der Waals surface area contributed by atoms with Gasteiger partial charge in [-0.05, 0) is 55.0 Å². The van der Waals surface area contributed by atoms with Crippen LogP contribution in [0.1, 0.15) is 55.1 Å². The maximum absolute atomic E-state index is 12.9. The summed E-state index contributed by atoms with van der Waals surface area (Å²) in [7, 11) is 0. The van der Waals surface area contributed by atoms with Crippen LogP contribution >= 0.6 is 0 Å². The molecule has 0 saturated carbocycles.